The summed E-state index contributed by atoms with van der Waals surface area (Å²) >= 11 is 0. The lowest BCUT2D eigenvalue weighted by molar-refractivity contribution is -0.119. The van der Waals surface area contributed by atoms with E-state index >= 15 is 0 Å². The molecule has 0 atom stereocenters. The van der Waals surface area contributed by atoms with E-state index in [4.69, 9.17) is 4.74 Å². The summed E-state index contributed by atoms with van der Waals surface area (Å²) in [5.41, 5.74) is 3.49. The Hall–Kier alpha value is -1.55. The summed E-state index contributed by atoms with van der Waals surface area (Å²) in [5, 5.41) is 3.32. The summed E-state index contributed by atoms with van der Waals surface area (Å²) in [5.74, 6) is 1.03. The Labute approximate surface area is 107 Å². The number of anilines is 1. The second-order valence-corrected chi connectivity index (χ2v) is 4.90. The van der Waals surface area contributed by atoms with Crippen molar-refractivity contribution in [2.45, 2.75) is 32.4 Å². The summed E-state index contributed by atoms with van der Waals surface area (Å²) in [7, 11) is 1.67. The van der Waals surface area contributed by atoms with Crippen molar-refractivity contribution in [2.24, 2.45) is 0 Å². The van der Waals surface area contributed by atoms with Gasteiger partial charge in [0.25, 0.3) is 0 Å². The van der Waals surface area contributed by atoms with E-state index in [-0.39, 0.29) is 5.91 Å². The third-order valence-corrected chi connectivity index (χ3v) is 3.75. The summed E-state index contributed by atoms with van der Waals surface area (Å²) in [4.78, 5) is 13.9. The molecular weight excluding hydrogens is 228 g/mol. The highest BCUT2D eigenvalue weighted by atomic mass is 16.5. The van der Waals surface area contributed by atoms with Crippen LogP contribution in [0.3, 0.4) is 0 Å². The van der Waals surface area contributed by atoms with Crippen molar-refractivity contribution in [3.05, 3.63) is 23.3 Å². The number of ether oxygens (including phenoxy) is 1. The SMILES string of the molecule is COc1cc2c(cc1N1CCCCC1=O)CNC2. The molecule has 1 amide bonds. The number of amides is 1. The number of benzene rings is 1. The normalized spacial score (nSPS) is 18.9. The minimum absolute atomic E-state index is 0.213. The van der Waals surface area contributed by atoms with Crippen LogP contribution in [0.1, 0.15) is 30.4 Å². The van der Waals surface area contributed by atoms with Gasteiger partial charge in [-0.2, -0.15) is 0 Å². The molecule has 1 N–H and O–H groups in total. The Balaban J connectivity index is 2.01. The van der Waals surface area contributed by atoms with Crippen LogP contribution < -0.4 is 15.0 Å². The molecule has 1 saturated heterocycles. The quantitative estimate of drug-likeness (QED) is 0.865. The molecular formula is C14H18N2O2. The Morgan fingerprint density at radius 1 is 1.22 bits per heavy atom. The zero-order valence-electron chi connectivity index (χ0n) is 10.7. The van der Waals surface area contributed by atoms with Crippen molar-refractivity contribution in [2.75, 3.05) is 18.6 Å². The number of methoxy groups -OCH3 is 1. The second-order valence-electron chi connectivity index (χ2n) is 4.90. The van der Waals surface area contributed by atoms with Crippen LogP contribution in [0.2, 0.25) is 0 Å². The maximum Gasteiger partial charge on any atom is 0.227 e. The van der Waals surface area contributed by atoms with E-state index in [0.717, 1.165) is 43.9 Å². The lowest BCUT2D eigenvalue weighted by atomic mass is 10.0. The van der Waals surface area contributed by atoms with Gasteiger partial charge in [-0.3, -0.25) is 4.79 Å². The third kappa shape index (κ3) is 1.86. The fourth-order valence-corrected chi connectivity index (χ4v) is 2.75. The van der Waals surface area contributed by atoms with Crippen molar-refractivity contribution in [3.8, 4) is 5.75 Å². The lowest BCUT2D eigenvalue weighted by Crippen LogP contribution is -2.35. The Morgan fingerprint density at radius 3 is 2.72 bits per heavy atom. The molecule has 0 aliphatic carbocycles. The van der Waals surface area contributed by atoms with Gasteiger partial charge >= 0.3 is 0 Å². The largest absolute Gasteiger partial charge is 0.495 e. The fraction of sp³-hybridized carbons (Fsp3) is 0.500. The second kappa shape index (κ2) is 4.61. The van der Waals surface area contributed by atoms with E-state index in [1.54, 1.807) is 7.11 Å². The summed E-state index contributed by atoms with van der Waals surface area (Å²) in [6, 6.07) is 4.17. The number of nitrogens with zero attached hydrogens (tertiary/aromatic N) is 1. The third-order valence-electron chi connectivity index (χ3n) is 3.75. The highest BCUT2D eigenvalue weighted by Crippen LogP contribution is 2.35. The molecule has 0 radical (unpaired) electrons. The van der Waals surface area contributed by atoms with Crippen molar-refractivity contribution >= 4 is 11.6 Å². The summed E-state index contributed by atoms with van der Waals surface area (Å²) in [6.45, 7) is 2.58. The number of nitrogens with one attached hydrogen (secondary N) is 1. The molecule has 0 unspecified atom stereocenters. The Bertz CT molecular complexity index is 485. The minimum Gasteiger partial charge on any atom is -0.495 e. The van der Waals surface area contributed by atoms with Crippen LogP contribution in [0.25, 0.3) is 0 Å². The molecule has 1 fully saturated rings. The zero-order chi connectivity index (χ0) is 12.5. The topological polar surface area (TPSA) is 41.6 Å². The average Bonchev–Trinajstić information content (AvgIpc) is 2.85. The van der Waals surface area contributed by atoms with E-state index in [1.165, 1.54) is 11.1 Å². The number of hydrogen-bond donors (Lipinski definition) is 1. The maximum absolute atomic E-state index is 12.0. The van der Waals surface area contributed by atoms with Gasteiger partial charge in [-0.05, 0) is 36.1 Å². The molecule has 2 aliphatic heterocycles. The van der Waals surface area contributed by atoms with Gasteiger partial charge < -0.3 is 15.0 Å². The zero-order valence-corrected chi connectivity index (χ0v) is 10.7. The average molecular weight is 246 g/mol. The lowest BCUT2D eigenvalue weighted by Gasteiger charge is -2.28. The van der Waals surface area contributed by atoms with Crippen molar-refractivity contribution in [1.82, 2.24) is 5.32 Å². The van der Waals surface area contributed by atoms with Crippen LogP contribution in [0.5, 0.6) is 5.75 Å². The standard InChI is InChI=1S/C14H18N2O2/c1-18-13-7-11-9-15-8-10(11)6-12(13)16-5-3-2-4-14(16)17/h6-7,15H,2-5,8-9H2,1H3. The molecule has 3 rings (SSSR count). The van der Waals surface area contributed by atoms with Crippen LogP contribution >= 0.6 is 0 Å². The number of rotatable bonds is 2. The monoisotopic (exact) mass is 246 g/mol. The number of carbonyl (C=O) groups is 1. The van der Waals surface area contributed by atoms with E-state index in [0.29, 0.717) is 6.42 Å². The van der Waals surface area contributed by atoms with Crippen LogP contribution in [-0.4, -0.2) is 19.6 Å². The summed E-state index contributed by atoms with van der Waals surface area (Å²) in [6.07, 6.45) is 2.73. The molecule has 4 heteroatoms. The van der Waals surface area contributed by atoms with Gasteiger partial charge in [0.2, 0.25) is 5.91 Å². The number of fused-ring (bicyclic) bond motifs is 1. The Morgan fingerprint density at radius 2 is 2.00 bits per heavy atom. The van der Waals surface area contributed by atoms with Crippen molar-refractivity contribution in [3.63, 3.8) is 0 Å². The van der Waals surface area contributed by atoms with E-state index in [2.05, 4.69) is 17.4 Å². The first-order chi connectivity index (χ1) is 8.79. The van der Waals surface area contributed by atoms with Gasteiger partial charge in [-0.1, -0.05) is 0 Å². The Kier molecular flexibility index (Phi) is 2.96. The van der Waals surface area contributed by atoms with Gasteiger partial charge in [-0.25, -0.2) is 0 Å². The highest BCUT2D eigenvalue weighted by Gasteiger charge is 2.24. The number of hydrogen-bond acceptors (Lipinski definition) is 3. The molecule has 2 aliphatic rings. The molecule has 0 spiro atoms. The predicted octanol–water partition coefficient (Wildman–Crippen LogP) is 1.82. The van der Waals surface area contributed by atoms with E-state index < -0.39 is 0 Å². The first-order valence-corrected chi connectivity index (χ1v) is 6.50. The van der Waals surface area contributed by atoms with Gasteiger partial charge in [0.15, 0.2) is 0 Å². The molecule has 0 bridgehead atoms. The molecule has 1 aromatic carbocycles. The van der Waals surface area contributed by atoms with Gasteiger partial charge in [0.05, 0.1) is 12.8 Å². The fourth-order valence-electron chi connectivity index (χ4n) is 2.75. The molecule has 18 heavy (non-hydrogen) atoms. The predicted molar refractivity (Wildman–Crippen MR) is 69.7 cm³/mol. The van der Waals surface area contributed by atoms with Gasteiger partial charge in [0.1, 0.15) is 5.75 Å². The van der Waals surface area contributed by atoms with Crippen LogP contribution in [0.4, 0.5) is 5.69 Å². The van der Waals surface area contributed by atoms with E-state index in [1.807, 2.05) is 4.90 Å². The molecule has 4 nitrogen and oxygen atoms in total. The molecule has 1 aromatic rings. The number of piperidine rings is 1. The van der Waals surface area contributed by atoms with Gasteiger partial charge in [-0.15, -0.1) is 0 Å². The minimum atomic E-state index is 0.213. The molecule has 0 aromatic heterocycles. The molecule has 96 valence electrons. The van der Waals surface area contributed by atoms with Crippen molar-refractivity contribution < 1.29 is 9.53 Å². The van der Waals surface area contributed by atoms with Gasteiger partial charge in [0, 0.05) is 26.1 Å². The smallest absolute Gasteiger partial charge is 0.227 e. The molecule has 0 saturated carbocycles. The first kappa shape index (κ1) is 11.5. The highest BCUT2D eigenvalue weighted by molar-refractivity contribution is 5.95. The maximum atomic E-state index is 12.0. The first-order valence-electron chi connectivity index (χ1n) is 6.50. The van der Waals surface area contributed by atoms with E-state index in [9.17, 15) is 4.79 Å². The van der Waals surface area contributed by atoms with Crippen LogP contribution in [0.15, 0.2) is 12.1 Å². The number of carbonyl (C=O) groups excluding carboxylic acids is 1. The summed E-state index contributed by atoms with van der Waals surface area (Å²) < 4.78 is 5.45. The van der Waals surface area contributed by atoms with Crippen LogP contribution in [-0.2, 0) is 17.9 Å². The van der Waals surface area contributed by atoms with Crippen molar-refractivity contribution in [1.29, 1.82) is 0 Å². The van der Waals surface area contributed by atoms with Crippen LogP contribution in [0, 0.1) is 0 Å². The molecule has 2 heterocycles.